The van der Waals surface area contributed by atoms with Gasteiger partial charge in [0.15, 0.2) is 5.82 Å². The van der Waals surface area contributed by atoms with Gasteiger partial charge in [-0.05, 0) is 42.7 Å². The van der Waals surface area contributed by atoms with E-state index < -0.39 is 0 Å². The fraction of sp³-hybridized carbons (Fsp3) is 0.300. The lowest BCUT2D eigenvalue weighted by molar-refractivity contribution is -0.131. The molecular formula is C20H19FN4O2. The predicted molar refractivity (Wildman–Crippen MR) is 96.2 cm³/mol. The summed E-state index contributed by atoms with van der Waals surface area (Å²) in [5.41, 5.74) is 1.49. The van der Waals surface area contributed by atoms with Gasteiger partial charge in [-0.3, -0.25) is 9.78 Å². The number of rotatable bonds is 4. The van der Waals surface area contributed by atoms with Crippen molar-refractivity contribution in [2.75, 3.05) is 13.1 Å². The molecule has 0 bridgehead atoms. The summed E-state index contributed by atoms with van der Waals surface area (Å²) in [6.07, 6.45) is 5.15. The Labute approximate surface area is 156 Å². The molecule has 1 aromatic carbocycles. The molecule has 3 aromatic rings. The van der Waals surface area contributed by atoms with Crippen LogP contribution in [0.25, 0.3) is 11.5 Å². The molecule has 0 N–H and O–H groups in total. The Morgan fingerprint density at radius 2 is 2.07 bits per heavy atom. The number of hydrogen-bond acceptors (Lipinski definition) is 5. The summed E-state index contributed by atoms with van der Waals surface area (Å²) in [5.74, 6) is 0.995. The minimum atomic E-state index is -0.319. The SMILES string of the molecule is O=C(Cc1cccc(F)c1)N1CCC(c2noc(-c3cccnc3)n2)CC1. The molecule has 6 nitrogen and oxygen atoms in total. The molecule has 3 heterocycles. The average Bonchev–Trinajstić information content (AvgIpc) is 3.19. The first-order valence-corrected chi connectivity index (χ1v) is 8.95. The van der Waals surface area contributed by atoms with Crippen LogP contribution in [0, 0.1) is 5.82 Å². The van der Waals surface area contributed by atoms with E-state index in [0.29, 0.717) is 30.4 Å². The lowest BCUT2D eigenvalue weighted by atomic mass is 9.95. The first-order chi connectivity index (χ1) is 13.2. The van der Waals surface area contributed by atoms with E-state index in [9.17, 15) is 9.18 Å². The van der Waals surface area contributed by atoms with Crippen molar-refractivity contribution in [2.24, 2.45) is 0 Å². The van der Waals surface area contributed by atoms with Crippen molar-refractivity contribution in [1.29, 1.82) is 0 Å². The third-order valence-corrected chi connectivity index (χ3v) is 4.81. The Balaban J connectivity index is 1.35. The van der Waals surface area contributed by atoms with Gasteiger partial charge in [-0.2, -0.15) is 4.98 Å². The number of benzene rings is 1. The van der Waals surface area contributed by atoms with E-state index in [1.807, 2.05) is 17.0 Å². The number of amides is 1. The van der Waals surface area contributed by atoms with Gasteiger partial charge in [-0.15, -0.1) is 0 Å². The van der Waals surface area contributed by atoms with E-state index in [2.05, 4.69) is 15.1 Å². The molecule has 1 saturated heterocycles. The third kappa shape index (κ3) is 4.02. The molecule has 0 atom stereocenters. The van der Waals surface area contributed by atoms with Gasteiger partial charge in [-0.1, -0.05) is 17.3 Å². The van der Waals surface area contributed by atoms with Gasteiger partial charge >= 0.3 is 0 Å². The van der Waals surface area contributed by atoms with Gasteiger partial charge in [0.25, 0.3) is 5.89 Å². The number of pyridine rings is 1. The first-order valence-electron chi connectivity index (χ1n) is 8.95. The van der Waals surface area contributed by atoms with Crippen molar-refractivity contribution >= 4 is 5.91 Å². The van der Waals surface area contributed by atoms with E-state index >= 15 is 0 Å². The van der Waals surface area contributed by atoms with Crippen LogP contribution in [0.2, 0.25) is 0 Å². The molecule has 2 aromatic heterocycles. The summed E-state index contributed by atoms with van der Waals surface area (Å²) in [7, 11) is 0. The van der Waals surface area contributed by atoms with Crippen LogP contribution in [-0.4, -0.2) is 39.0 Å². The lowest BCUT2D eigenvalue weighted by Gasteiger charge is -2.30. The number of carbonyl (C=O) groups excluding carboxylic acids is 1. The van der Waals surface area contributed by atoms with E-state index in [4.69, 9.17) is 4.52 Å². The number of aromatic nitrogens is 3. The van der Waals surface area contributed by atoms with E-state index in [1.165, 1.54) is 12.1 Å². The molecule has 0 spiro atoms. The molecule has 4 rings (SSSR count). The molecule has 1 aliphatic rings. The Bertz CT molecular complexity index is 920. The summed E-state index contributed by atoms with van der Waals surface area (Å²) in [5, 5.41) is 4.10. The highest BCUT2D eigenvalue weighted by molar-refractivity contribution is 5.78. The number of hydrogen-bond donors (Lipinski definition) is 0. The Kier molecular flexibility index (Phi) is 4.91. The van der Waals surface area contributed by atoms with Crippen molar-refractivity contribution in [2.45, 2.75) is 25.2 Å². The minimum absolute atomic E-state index is 0.0169. The van der Waals surface area contributed by atoms with Crippen LogP contribution in [0.15, 0.2) is 53.3 Å². The van der Waals surface area contributed by atoms with Gasteiger partial charge < -0.3 is 9.42 Å². The molecule has 0 radical (unpaired) electrons. The quantitative estimate of drug-likeness (QED) is 0.709. The summed E-state index contributed by atoms with van der Waals surface area (Å²) >= 11 is 0. The van der Waals surface area contributed by atoms with Crippen LogP contribution in [0.3, 0.4) is 0 Å². The van der Waals surface area contributed by atoms with E-state index in [-0.39, 0.29) is 24.1 Å². The van der Waals surface area contributed by atoms with Crippen LogP contribution in [0.1, 0.15) is 30.1 Å². The van der Waals surface area contributed by atoms with Gasteiger partial charge in [-0.25, -0.2) is 4.39 Å². The summed E-state index contributed by atoms with van der Waals surface area (Å²) in [6, 6.07) is 9.88. The van der Waals surface area contributed by atoms with Crippen molar-refractivity contribution < 1.29 is 13.7 Å². The van der Waals surface area contributed by atoms with Gasteiger partial charge in [0.2, 0.25) is 5.91 Å². The Hall–Kier alpha value is -3.09. The summed E-state index contributed by atoms with van der Waals surface area (Å²) in [6.45, 7) is 1.27. The highest BCUT2D eigenvalue weighted by Gasteiger charge is 2.27. The summed E-state index contributed by atoms with van der Waals surface area (Å²) < 4.78 is 18.6. The molecule has 1 aliphatic heterocycles. The number of halogens is 1. The number of carbonyl (C=O) groups is 1. The summed E-state index contributed by atoms with van der Waals surface area (Å²) in [4.78, 5) is 22.8. The molecule has 1 amide bonds. The van der Waals surface area contributed by atoms with Crippen LogP contribution < -0.4 is 0 Å². The molecule has 27 heavy (non-hydrogen) atoms. The second-order valence-corrected chi connectivity index (χ2v) is 6.66. The zero-order valence-electron chi connectivity index (χ0n) is 14.7. The van der Waals surface area contributed by atoms with E-state index in [0.717, 1.165) is 18.4 Å². The molecule has 0 unspecified atom stereocenters. The highest BCUT2D eigenvalue weighted by Crippen LogP contribution is 2.28. The zero-order valence-corrected chi connectivity index (χ0v) is 14.7. The monoisotopic (exact) mass is 366 g/mol. The van der Waals surface area contributed by atoms with Crippen molar-refractivity contribution in [1.82, 2.24) is 20.0 Å². The molecule has 7 heteroatoms. The maximum atomic E-state index is 13.3. The van der Waals surface area contributed by atoms with Crippen molar-refractivity contribution in [3.05, 3.63) is 66.0 Å². The minimum Gasteiger partial charge on any atom is -0.342 e. The van der Waals surface area contributed by atoms with Crippen molar-refractivity contribution in [3.8, 4) is 11.5 Å². The van der Waals surface area contributed by atoms with Gasteiger partial charge in [0.1, 0.15) is 5.82 Å². The maximum absolute atomic E-state index is 13.3. The molecular weight excluding hydrogens is 347 g/mol. The van der Waals surface area contributed by atoms with Gasteiger partial charge in [0.05, 0.1) is 12.0 Å². The van der Waals surface area contributed by atoms with Crippen LogP contribution in [0.5, 0.6) is 0 Å². The van der Waals surface area contributed by atoms with E-state index in [1.54, 1.807) is 24.5 Å². The fourth-order valence-corrected chi connectivity index (χ4v) is 3.33. The normalized spacial score (nSPS) is 15.1. The topological polar surface area (TPSA) is 72.1 Å². The molecule has 0 saturated carbocycles. The number of piperidine rings is 1. The van der Waals surface area contributed by atoms with Gasteiger partial charge in [0, 0.05) is 31.4 Å². The Morgan fingerprint density at radius 1 is 1.22 bits per heavy atom. The molecule has 138 valence electrons. The smallest absolute Gasteiger partial charge is 0.259 e. The zero-order chi connectivity index (χ0) is 18.6. The van der Waals surface area contributed by atoms with Crippen LogP contribution in [0.4, 0.5) is 4.39 Å². The second kappa shape index (κ2) is 7.65. The largest absolute Gasteiger partial charge is 0.342 e. The standard InChI is InChI=1S/C20H19FN4O2/c21-17-5-1-3-14(11-17)12-18(26)25-9-6-15(7-10-25)19-23-20(27-24-19)16-4-2-8-22-13-16/h1-5,8,11,13,15H,6-7,9-10,12H2. The van der Waals surface area contributed by atoms with Crippen LogP contribution in [-0.2, 0) is 11.2 Å². The first kappa shape index (κ1) is 17.3. The Morgan fingerprint density at radius 3 is 2.81 bits per heavy atom. The molecule has 0 aliphatic carbocycles. The fourth-order valence-electron chi connectivity index (χ4n) is 3.33. The second-order valence-electron chi connectivity index (χ2n) is 6.66. The highest BCUT2D eigenvalue weighted by atomic mass is 19.1. The predicted octanol–water partition coefficient (Wildman–Crippen LogP) is 3.22. The number of nitrogens with zero attached hydrogens (tertiary/aromatic N) is 4. The van der Waals surface area contributed by atoms with Crippen molar-refractivity contribution in [3.63, 3.8) is 0 Å². The lowest BCUT2D eigenvalue weighted by Crippen LogP contribution is -2.39. The third-order valence-electron chi connectivity index (χ3n) is 4.81. The molecule has 1 fully saturated rings. The van der Waals surface area contributed by atoms with Crippen LogP contribution >= 0.6 is 0 Å². The average molecular weight is 366 g/mol. The maximum Gasteiger partial charge on any atom is 0.259 e. The number of likely N-dealkylation sites (tertiary alicyclic amines) is 1.